The van der Waals surface area contributed by atoms with Crippen molar-refractivity contribution in [3.63, 3.8) is 0 Å². The van der Waals surface area contributed by atoms with Crippen molar-refractivity contribution in [2.45, 2.75) is 19.9 Å². The van der Waals surface area contributed by atoms with Crippen molar-refractivity contribution in [1.82, 2.24) is 9.78 Å². The number of nitrogens with one attached hydrogen (secondary N) is 2. The zero-order valence-corrected chi connectivity index (χ0v) is 13.4. The third-order valence-corrected chi connectivity index (χ3v) is 3.67. The van der Waals surface area contributed by atoms with Crippen LogP contribution in [0.25, 0.3) is 0 Å². The highest BCUT2D eigenvalue weighted by molar-refractivity contribution is 7.92. The summed E-state index contributed by atoms with van der Waals surface area (Å²) in [6.07, 6.45) is 3.11. The monoisotopic (exact) mass is 308 g/mol. The molecule has 0 aliphatic carbocycles. The summed E-state index contributed by atoms with van der Waals surface area (Å²) < 4.78 is 26.8. The van der Waals surface area contributed by atoms with Crippen molar-refractivity contribution in [3.8, 4) is 0 Å². The lowest BCUT2D eigenvalue weighted by Gasteiger charge is -2.15. The van der Waals surface area contributed by atoms with Gasteiger partial charge in [0.1, 0.15) is 0 Å². The first kappa shape index (κ1) is 15.4. The van der Waals surface area contributed by atoms with E-state index in [4.69, 9.17) is 0 Å². The minimum absolute atomic E-state index is 0.0761. The molecule has 0 spiro atoms. The Kier molecular flexibility index (Phi) is 4.22. The Bertz CT molecular complexity index is 737. The highest BCUT2D eigenvalue weighted by Gasteiger charge is 2.12. The SMILES string of the molecule is Cc1nn(C)cc1C(C)Nc1cccc(NS(C)(=O)=O)c1. The maximum atomic E-state index is 11.3. The highest BCUT2D eigenvalue weighted by Crippen LogP contribution is 2.23. The summed E-state index contributed by atoms with van der Waals surface area (Å²) in [6.45, 7) is 4.01. The summed E-state index contributed by atoms with van der Waals surface area (Å²) in [6, 6.07) is 7.26. The van der Waals surface area contributed by atoms with Gasteiger partial charge in [-0.2, -0.15) is 5.10 Å². The summed E-state index contributed by atoms with van der Waals surface area (Å²) in [5, 5.41) is 7.68. The van der Waals surface area contributed by atoms with Crippen LogP contribution in [0.1, 0.15) is 24.2 Å². The van der Waals surface area contributed by atoms with E-state index in [2.05, 4.69) is 15.1 Å². The number of aryl methyl sites for hydroxylation is 2. The molecule has 0 amide bonds. The van der Waals surface area contributed by atoms with E-state index in [1.54, 1.807) is 22.9 Å². The standard InChI is InChI=1S/C14H20N4O2S/c1-10(14-9-18(3)16-11(14)2)15-12-6-5-7-13(8-12)17-21(4,19)20/h5-10,15,17H,1-4H3. The normalized spacial score (nSPS) is 13.0. The maximum Gasteiger partial charge on any atom is 0.229 e. The van der Waals surface area contributed by atoms with Gasteiger partial charge in [-0.3, -0.25) is 9.40 Å². The van der Waals surface area contributed by atoms with Crippen LogP contribution in [0.4, 0.5) is 11.4 Å². The van der Waals surface area contributed by atoms with Crippen LogP contribution in [0.15, 0.2) is 30.5 Å². The van der Waals surface area contributed by atoms with Gasteiger partial charge in [0.2, 0.25) is 10.0 Å². The summed E-state index contributed by atoms with van der Waals surface area (Å²) in [4.78, 5) is 0. The fraction of sp³-hybridized carbons (Fsp3) is 0.357. The van der Waals surface area contributed by atoms with Gasteiger partial charge in [0, 0.05) is 24.5 Å². The zero-order chi connectivity index (χ0) is 15.6. The molecular formula is C14H20N4O2S. The van der Waals surface area contributed by atoms with Crippen molar-refractivity contribution < 1.29 is 8.42 Å². The molecule has 1 heterocycles. The molecule has 1 unspecified atom stereocenters. The Hall–Kier alpha value is -2.02. The van der Waals surface area contributed by atoms with Crippen LogP contribution < -0.4 is 10.0 Å². The fourth-order valence-electron chi connectivity index (χ4n) is 2.26. The molecule has 7 heteroatoms. The van der Waals surface area contributed by atoms with Crippen LogP contribution in [0.2, 0.25) is 0 Å². The van der Waals surface area contributed by atoms with E-state index in [9.17, 15) is 8.42 Å². The molecule has 0 saturated carbocycles. The third-order valence-electron chi connectivity index (χ3n) is 3.07. The Morgan fingerprint density at radius 2 is 1.95 bits per heavy atom. The molecule has 1 atom stereocenters. The molecule has 0 fully saturated rings. The number of rotatable bonds is 5. The van der Waals surface area contributed by atoms with E-state index in [0.717, 1.165) is 23.2 Å². The summed E-state index contributed by atoms with van der Waals surface area (Å²) in [5.74, 6) is 0. The summed E-state index contributed by atoms with van der Waals surface area (Å²) >= 11 is 0. The van der Waals surface area contributed by atoms with Gasteiger partial charge < -0.3 is 5.32 Å². The molecule has 2 N–H and O–H groups in total. The molecule has 21 heavy (non-hydrogen) atoms. The van der Waals surface area contributed by atoms with Crippen LogP contribution in [0.3, 0.4) is 0 Å². The van der Waals surface area contributed by atoms with Crippen molar-refractivity contribution in [2.75, 3.05) is 16.3 Å². The van der Waals surface area contributed by atoms with Gasteiger partial charge in [-0.25, -0.2) is 8.42 Å². The van der Waals surface area contributed by atoms with Gasteiger partial charge in [0.25, 0.3) is 0 Å². The van der Waals surface area contributed by atoms with Crippen LogP contribution in [-0.4, -0.2) is 24.5 Å². The molecular weight excluding hydrogens is 288 g/mol. The lowest BCUT2D eigenvalue weighted by Crippen LogP contribution is -2.10. The van der Waals surface area contributed by atoms with Crippen molar-refractivity contribution in [3.05, 3.63) is 41.7 Å². The number of hydrogen-bond donors (Lipinski definition) is 2. The molecule has 1 aromatic heterocycles. The second-order valence-electron chi connectivity index (χ2n) is 5.16. The number of hydrogen-bond acceptors (Lipinski definition) is 4. The van der Waals surface area contributed by atoms with E-state index < -0.39 is 10.0 Å². The first-order valence-corrected chi connectivity index (χ1v) is 8.48. The average molecular weight is 308 g/mol. The molecule has 114 valence electrons. The molecule has 0 radical (unpaired) electrons. The molecule has 0 bridgehead atoms. The van der Waals surface area contributed by atoms with Gasteiger partial charge in [-0.05, 0) is 32.0 Å². The first-order valence-electron chi connectivity index (χ1n) is 6.59. The maximum absolute atomic E-state index is 11.3. The molecule has 1 aromatic carbocycles. The Morgan fingerprint density at radius 3 is 2.52 bits per heavy atom. The van der Waals surface area contributed by atoms with Gasteiger partial charge in [0.15, 0.2) is 0 Å². The summed E-state index contributed by atoms with van der Waals surface area (Å²) in [7, 11) is -1.38. The molecule has 2 rings (SSSR count). The number of anilines is 2. The zero-order valence-electron chi connectivity index (χ0n) is 12.6. The van der Waals surface area contributed by atoms with Crippen molar-refractivity contribution >= 4 is 21.4 Å². The number of nitrogens with zero attached hydrogens (tertiary/aromatic N) is 2. The van der Waals surface area contributed by atoms with Crippen molar-refractivity contribution in [1.29, 1.82) is 0 Å². The Morgan fingerprint density at radius 1 is 1.29 bits per heavy atom. The van der Waals surface area contributed by atoms with Crippen LogP contribution in [0, 0.1) is 6.92 Å². The van der Waals surface area contributed by atoms with Crippen molar-refractivity contribution in [2.24, 2.45) is 7.05 Å². The lowest BCUT2D eigenvalue weighted by molar-refractivity contribution is 0.607. The third kappa shape index (κ3) is 4.22. The van der Waals surface area contributed by atoms with Crippen LogP contribution in [-0.2, 0) is 17.1 Å². The van der Waals surface area contributed by atoms with E-state index in [-0.39, 0.29) is 6.04 Å². The smallest absolute Gasteiger partial charge is 0.229 e. The fourth-order valence-corrected chi connectivity index (χ4v) is 2.81. The first-order chi connectivity index (χ1) is 9.74. The van der Waals surface area contributed by atoms with Crippen LogP contribution in [0.5, 0.6) is 0 Å². The van der Waals surface area contributed by atoms with E-state index >= 15 is 0 Å². The minimum Gasteiger partial charge on any atom is -0.378 e. The molecule has 0 aliphatic heterocycles. The molecule has 2 aromatic rings. The number of aromatic nitrogens is 2. The lowest BCUT2D eigenvalue weighted by atomic mass is 10.1. The van der Waals surface area contributed by atoms with Crippen LogP contribution >= 0.6 is 0 Å². The average Bonchev–Trinajstić information content (AvgIpc) is 2.66. The van der Waals surface area contributed by atoms with Gasteiger partial charge in [-0.15, -0.1) is 0 Å². The van der Waals surface area contributed by atoms with Gasteiger partial charge in [0.05, 0.1) is 23.7 Å². The van der Waals surface area contributed by atoms with Gasteiger partial charge in [-0.1, -0.05) is 6.07 Å². The predicted molar refractivity (Wildman–Crippen MR) is 84.9 cm³/mol. The quantitative estimate of drug-likeness (QED) is 0.888. The van der Waals surface area contributed by atoms with E-state index in [0.29, 0.717) is 5.69 Å². The number of sulfonamides is 1. The second-order valence-corrected chi connectivity index (χ2v) is 6.91. The topological polar surface area (TPSA) is 76.0 Å². The Balaban J connectivity index is 2.16. The molecule has 0 aliphatic rings. The highest BCUT2D eigenvalue weighted by atomic mass is 32.2. The minimum atomic E-state index is -3.27. The van der Waals surface area contributed by atoms with Gasteiger partial charge >= 0.3 is 0 Å². The van der Waals surface area contributed by atoms with E-state index in [1.807, 2.05) is 33.2 Å². The molecule has 6 nitrogen and oxygen atoms in total. The molecule has 0 saturated heterocycles. The number of benzene rings is 1. The summed E-state index contributed by atoms with van der Waals surface area (Å²) in [5.41, 5.74) is 3.47. The predicted octanol–water partition coefficient (Wildman–Crippen LogP) is 2.27. The van der Waals surface area contributed by atoms with E-state index in [1.165, 1.54) is 0 Å². The Labute approximate surface area is 125 Å². The largest absolute Gasteiger partial charge is 0.378 e. The second kappa shape index (κ2) is 5.77.